The average Bonchev–Trinajstić information content (AvgIpc) is 2.40. The van der Waals surface area contributed by atoms with Crippen molar-refractivity contribution in [3.05, 3.63) is 33.2 Å². The molecule has 0 bridgehead atoms. The van der Waals surface area contributed by atoms with E-state index in [-0.39, 0.29) is 28.2 Å². The number of halogens is 1. The second kappa shape index (κ2) is 6.79. The molecule has 7 nitrogen and oxygen atoms in total. The van der Waals surface area contributed by atoms with E-state index < -0.39 is 5.91 Å². The molecule has 0 aromatic heterocycles. The lowest BCUT2D eigenvalue weighted by atomic mass is 10.1. The number of rotatable bonds is 4. The number of nitrogens with one attached hydrogen (secondary N) is 1. The Bertz CT molecular complexity index is 595. The van der Waals surface area contributed by atoms with E-state index in [4.69, 9.17) is 21.9 Å². The van der Waals surface area contributed by atoms with Crippen LogP contribution >= 0.6 is 11.6 Å². The molecule has 0 saturated carbocycles. The maximum absolute atomic E-state index is 11.6. The molecule has 0 saturated heterocycles. The van der Waals surface area contributed by atoms with Crippen molar-refractivity contribution in [1.29, 1.82) is 0 Å². The number of amides is 2. The zero-order valence-electron chi connectivity index (χ0n) is 11.2. The minimum absolute atomic E-state index is 0.0258. The van der Waals surface area contributed by atoms with E-state index >= 15 is 0 Å². The number of azide groups is 1. The molecule has 1 aromatic carbocycles. The van der Waals surface area contributed by atoms with Crippen LogP contribution in [0.25, 0.3) is 10.4 Å². The average molecular weight is 297 g/mol. The van der Waals surface area contributed by atoms with Crippen LogP contribution in [0, 0.1) is 5.92 Å². The Balaban J connectivity index is 3.23. The van der Waals surface area contributed by atoms with Gasteiger partial charge in [0.15, 0.2) is 0 Å². The van der Waals surface area contributed by atoms with Crippen molar-refractivity contribution in [1.82, 2.24) is 0 Å². The highest BCUT2D eigenvalue weighted by Gasteiger charge is 2.17. The molecule has 0 aliphatic rings. The lowest BCUT2D eigenvalue weighted by molar-refractivity contribution is -0.118. The van der Waals surface area contributed by atoms with Crippen molar-refractivity contribution in [3.63, 3.8) is 0 Å². The van der Waals surface area contributed by atoms with Gasteiger partial charge in [-0.25, -0.2) is 0 Å². The number of ether oxygens (including phenoxy) is 1. The molecule has 0 aliphatic heterocycles. The van der Waals surface area contributed by atoms with E-state index in [1.54, 1.807) is 13.8 Å². The van der Waals surface area contributed by atoms with Crippen molar-refractivity contribution in [2.24, 2.45) is 11.0 Å². The molecule has 1 rings (SSSR count). The van der Waals surface area contributed by atoms with Gasteiger partial charge >= 0.3 is 0 Å². The topological polar surface area (TPSA) is 104 Å². The summed E-state index contributed by atoms with van der Waals surface area (Å²) in [7, 11) is 1.35. The monoisotopic (exact) mass is 296 g/mol. The number of nitrogens with zero attached hydrogens (tertiary/aromatic N) is 3. The van der Waals surface area contributed by atoms with Gasteiger partial charge in [0.25, 0.3) is 5.91 Å². The van der Waals surface area contributed by atoms with Crippen LogP contribution in [0.4, 0.5) is 5.69 Å². The second-order valence-electron chi connectivity index (χ2n) is 4.17. The first-order chi connectivity index (χ1) is 9.40. The van der Waals surface area contributed by atoms with E-state index in [9.17, 15) is 9.59 Å². The summed E-state index contributed by atoms with van der Waals surface area (Å²) in [5.74, 6) is -1.09. The smallest absolute Gasteiger partial charge is 0.252 e. The summed E-state index contributed by atoms with van der Waals surface area (Å²) in [6.45, 7) is 3.47. The van der Waals surface area contributed by atoms with Gasteiger partial charge in [-0.15, -0.1) is 0 Å². The lowest BCUT2D eigenvalue weighted by Gasteiger charge is -2.13. The number of methoxy groups -OCH3 is 1. The molecule has 20 heavy (non-hydrogen) atoms. The van der Waals surface area contributed by atoms with Crippen molar-refractivity contribution >= 4 is 29.1 Å². The molecule has 2 amide bonds. The zero-order chi connectivity index (χ0) is 15.3. The second-order valence-corrected chi connectivity index (χ2v) is 4.58. The van der Waals surface area contributed by atoms with E-state index in [0.717, 1.165) is 0 Å². The highest BCUT2D eigenvalue weighted by Crippen LogP contribution is 2.31. The molecule has 0 spiro atoms. The molecule has 0 fully saturated rings. The Hall–Kier alpha value is -2.24. The van der Waals surface area contributed by atoms with Gasteiger partial charge in [-0.2, -0.15) is 0 Å². The van der Waals surface area contributed by atoms with Crippen molar-refractivity contribution in [2.75, 3.05) is 12.4 Å². The minimum atomic E-state index is -0.812. The molecular weight excluding hydrogens is 284 g/mol. The lowest BCUT2D eigenvalue weighted by Crippen LogP contribution is -2.18. The molecule has 106 valence electrons. The van der Waals surface area contributed by atoms with E-state index in [2.05, 4.69) is 15.3 Å². The largest absolute Gasteiger partial charge is 0.496 e. The summed E-state index contributed by atoms with van der Waals surface area (Å²) in [5.41, 5.74) is 8.62. The maximum atomic E-state index is 11.6. The first-order valence-corrected chi connectivity index (χ1v) is 6.06. The van der Waals surface area contributed by atoms with Crippen LogP contribution in [0.2, 0.25) is 5.02 Å². The Morgan fingerprint density at radius 3 is 2.60 bits per heavy atom. The van der Waals surface area contributed by atoms with Gasteiger partial charge in [-0.3, -0.25) is 9.59 Å². The fourth-order valence-corrected chi connectivity index (χ4v) is 1.57. The van der Waals surface area contributed by atoms with Gasteiger partial charge in [0.05, 0.1) is 23.4 Å². The van der Waals surface area contributed by atoms with E-state index in [1.165, 1.54) is 19.2 Å². The van der Waals surface area contributed by atoms with Crippen LogP contribution in [0.3, 0.4) is 0 Å². The van der Waals surface area contributed by atoms with Gasteiger partial charge in [0.2, 0.25) is 5.91 Å². The van der Waals surface area contributed by atoms with Crippen molar-refractivity contribution in [2.45, 2.75) is 13.8 Å². The van der Waals surface area contributed by atoms with Crippen LogP contribution in [0.1, 0.15) is 24.2 Å². The summed E-state index contributed by atoms with van der Waals surface area (Å²) in [5, 5.41) is 5.75. The van der Waals surface area contributed by atoms with Crippen molar-refractivity contribution in [3.8, 4) is 5.75 Å². The molecule has 8 heteroatoms. The third kappa shape index (κ3) is 3.63. The van der Waals surface area contributed by atoms with Gasteiger partial charge < -0.3 is 10.1 Å². The first-order valence-electron chi connectivity index (χ1n) is 5.68. The first kappa shape index (κ1) is 15.8. The predicted molar refractivity (Wildman–Crippen MR) is 74.9 cm³/mol. The van der Waals surface area contributed by atoms with Crippen LogP contribution in [-0.4, -0.2) is 18.9 Å². The third-order valence-electron chi connectivity index (χ3n) is 2.44. The number of hydrogen-bond donors (Lipinski definition) is 1. The van der Waals surface area contributed by atoms with Gasteiger partial charge in [-0.1, -0.05) is 25.4 Å². The number of carbonyl (C=O) groups is 2. The van der Waals surface area contributed by atoms with Crippen LogP contribution < -0.4 is 10.1 Å². The SMILES string of the molecule is COc1cc(NC(=O)C(C)C)c(Cl)cc1C(=O)N=[N+]=[N-]. The molecule has 0 radical (unpaired) electrons. The minimum Gasteiger partial charge on any atom is -0.496 e. The molecule has 1 aromatic rings. The third-order valence-corrected chi connectivity index (χ3v) is 2.75. The Morgan fingerprint density at radius 2 is 2.10 bits per heavy atom. The van der Waals surface area contributed by atoms with Crippen LogP contribution in [-0.2, 0) is 4.79 Å². The standard InChI is InChI=1S/C12H13ClN4O3/c1-6(2)11(18)15-9-5-10(20-3)7(4-8(9)13)12(19)16-17-14/h4-6H,1-3H3,(H,15,18). The van der Waals surface area contributed by atoms with E-state index in [0.29, 0.717) is 5.69 Å². The molecule has 1 N–H and O–H groups in total. The number of benzene rings is 1. The fourth-order valence-electron chi connectivity index (χ4n) is 1.36. The Kier molecular flexibility index (Phi) is 5.37. The quantitative estimate of drug-likeness (QED) is 0.523. The number of carbonyl (C=O) groups excluding carboxylic acids is 2. The summed E-state index contributed by atoms with van der Waals surface area (Å²) >= 11 is 5.99. The molecule has 0 aliphatic carbocycles. The number of hydrogen-bond acceptors (Lipinski definition) is 3. The highest BCUT2D eigenvalue weighted by atomic mass is 35.5. The molecule has 0 unspecified atom stereocenters. The normalized spacial score (nSPS) is 9.85. The Morgan fingerprint density at radius 1 is 1.45 bits per heavy atom. The van der Waals surface area contributed by atoms with Gasteiger partial charge in [-0.05, 0) is 16.7 Å². The van der Waals surface area contributed by atoms with Gasteiger partial charge in [0.1, 0.15) is 5.75 Å². The summed E-state index contributed by atoms with van der Waals surface area (Å²) < 4.78 is 5.04. The van der Waals surface area contributed by atoms with Crippen LogP contribution in [0.5, 0.6) is 5.75 Å². The molecule has 0 heterocycles. The van der Waals surface area contributed by atoms with Crippen LogP contribution in [0.15, 0.2) is 17.2 Å². The fraction of sp³-hybridized carbons (Fsp3) is 0.333. The molecule has 0 atom stereocenters. The summed E-state index contributed by atoms with van der Waals surface area (Å²) in [6, 6.07) is 2.69. The maximum Gasteiger partial charge on any atom is 0.252 e. The Labute approximate surface area is 120 Å². The highest BCUT2D eigenvalue weighted by molar-refractivity contribution is 6.34. The number of anilines is 1. The van der Waals surface area contributed by atoms with E-state index in [1.807, 2.05) is 0 Å². The van der Waals surface area contributed by atoms with Crippen molar-refractivity contribution < 1.29 is 14.3 Å². The van der Waals surface area contributed by atoms with Gasteiger partial charge in [0, 0.05) is 16.9 Å². The predicted octanol–water partition coefficient (Wildman–Crippen LogP) is 3.39. The summed E-state index contributed by atoms with van der Waals surface area (Å²) in [6.07, 6.45) is 0. The molecular formula is C12H13ClN4O3. The summed E-state index contributed by atoms with van der Waals surface area (Å²) in [4.78, 5) is 25.6. The zero-order valence-corrected chi connectivity index (χ0v) is 11.9.